The summed E-state index contributed by atoms with van der Waals surface area (Å²) in [4.78, 5) is 38.6. The van der Waals surface area contributed by atoms with Crippen molar-refractivity contribution in [3.63, 3.8) is 0 Å². The molecule has 0 spiro atoms. The summed E-state index contributed by atoms with van der Waals surface area (Å²) in [6, 6.07) is 19.5. The molecule has 0 radical (unpaired) electrons. The zero-order chi connectivity index (χ0) is 34.4. The first-order chi connectivity index (χ1) is 23.6. The number of carbonyl (C=O) groups is 2. The molecule has 2 N–H and O–H groups in total. The largest absolute Gasteiger partial charge is 0.445 e. The van der Waals surface area contributed by atoms with Crippen molar-refractivity contribution in [3.05, 3.63) is 129 Å². The quantitative estimate of drug-likeness (QED) is 0.131. The van der Waals surface area contributed by atoms with Crippen LogP contribution in [0, 0.1) is 6.92 Å². The Kier molecular flexibility index (Phi) is 10.5. The van der Waals surface area contributed by atoms with Crippen LogP contribution in [0.15, 0.2) is 95.1 Å². The summed E-state index contributed by atoms with van der Waals surface area (Å²) >= 11 is 1.54. The molecule has 2 aromatic heterocycles. The van der Waals surface area contributed by atoms with Crippen molar-refractivity contribution in [2.24, 2.45) is 0 Å². The number of oxazole rings is 1. The molecule has 3 aromatic carbocycles. The summed E-state index contributed by atoms with van der Waals surface area (Å²) in [6.45, 7) is 3.21. The van der Waals surface area contributed by atoms with Crippen LogP contribution in [0.1, 0.15) is 73.4 Å². The number of aromatic nitrogens is 2. The van der Waals surface area contributed by atoms with Crippen molar-refractivity contribution in [2.75, 3.05) is 13.1 Å². The summed E-state index contributed by atoms with van der Waals surface area (Å²) in [5.41, 5.74) is 2.91. The topological polar surface area (TPSA) is 100 Å². The maximum absolute atomic E-state index is 14.0. The number of nitrogens with zero attached hydrogens (tertiary/aromatic N) is 3. The van der Waals surface area contributed by atoms with Gasteiger partial charge in [0, 0.05) is 46.9 Å². The van der Waals surface area contributed by atoms with Gasteiger partial charge in [-0.05, 0) is 74.5 Å². The zero-order valence-electron chi connectivity index (χ0n) is 26.9. The summed E-state index contributed by atoms with van der Waals surface area (Å²) < 4.78 is 45.1. The highest BCUT2D eigenvalue weighted by molar-refractivity contribution is 7.09. The lowest BCUT2D eigenvalue weighted by Crippen LogP contribution is -2.38. The Morgan fingerprint density at radius 3 is 2.57 bits per heavy atom. The lowest BCUT2D eigenvalue weighted by Gasteiger charge is -2.24. The maximum atomic E-state index is 14.0. The highest BCUT2D eigenvalue weighted by Gasteiger charge is 2.33. The van der Waals surface area contributed by atoms with Crippen LogP contribution in [0.4, 0.5) is 13.2 Å². The average molecular weight is 688 g/mol. The highest BCUT2D eigenvalue weighted by atomic mass is 32.1. The third kappa shape index (κ3) is 8.62. The Bertz CT molecular complexity index is 1880. The van der Waals surface area contributed by atoms with E-state index in [2.05, 4.69) is 20.6 Å². The van der Waals surface area contributed by atoms with Gasteiger partial charge in [0.05, 0.1) is 17.8 Å². The van der Waals surface area contributed by atoms with E-state index >= 15 is 0 Å². The van der Waals surface area contributed by atoms with Crippen LogP contribution in [0.5, 0.6) is 0 Å². The molecule has 1 saturated heterocycles. The molecule has 0 unspecified atom stereocenters. The van der Waals surface area contributed by atoms with E-state index in [1.54, 1.807) is 35.6 Å². The summed E-state index contributed by atoms with van der Waals surface area (Å²) in [7, 11) is 0. The number of carbonyl (C=O) groups excluding carboxylic acids is 2. The minimum Gasteiger partial charge on any atom is -0.445 e. The number of likely N-dealkylation sites (tertiary alicyclic amines) is 1. The van der Waals surface area contributed by atoms with Gasteiger partial charge in [0.15, 0.2) is 0 Å². The number of rotatable bonds is 12. The van der Waals surface area contributed by atoms with Gasteiger partial charge in [-0.25, -0.2) is 9.97 Å². The predicted molar refractivity (Wildman–Crippen MR) is 181 cm³/mol. The monoisotopic (exact) mass is 687 g/mol. The van der Waals surface area contributed by atoms with Crippen molar-refractivity contribution in [2.45, 2.75) is 57.4 Å². The summed E-state index contributed by atoms with van der Waals surface area (Å²) in [5.74, 6) is -0.274. The third-order valence-corrected chi connectivity index (χ3v) is 9.53. The SMILES string of the molecule is Cc1csc([C@H]2CCCN2C(=O)c2cc(C(=O)N[C@H](CCNCc3cccc(C(F)(F)F)c3)Cc3ccccc3)cc(-c3ncco3)c2)n1. The fraction of sp³-hybridized carbons (Fsp3) is 0.297. The number of halogens is 3. The fourth-order valence-corrected chi connectivity index (χ4v) is 7.03. The van der Waals surface area contributed by atoms with Crippen LogP contribution in [-0.4, -0.2) is 45.8 Å². The van der Waals surface area contributed by atoms with Gasteiger partial charge in [0.1, 0.15) is 11.3 Å². The second kappa shape index (κ2) is 15.2. The van der Waals surface area contributed by atoms with Gasteiger partial charge in [-0.3, -0.25) is 9.59 Å². The molecule has 0 bridgehead atoms. The second-order valence-corrected chi connectivity index (χ2v) is 13.0. The van der Waals surface area contributed by atoms with Gasteiger partial charge in [-0.15, -0.1) is 11.3 Å². The van der Waals surface area contributed by atoms with Crippen LogP contribution >= 0.6 is 11.3 Å². The molecular formula is C37H36F3N5O3S. The van der Waals surface area contributed by atoms with E-state index in [-0.39, 0.29) is 41.9 Å². The molecule has 1 fully saturated rings. The van der Waals surface area contributed by atoms with Gasteiger partial charge < -0.3 is 20.0 Å². The van der Waals surface area contributed by atoms with E-state index in [1.165, 1.54) is 18.5 Å². The number of hydrogen-bond donors (Lipinski definition) is 2. The molecule has 254 valence electrons. The molecular weight excluding hydrogens is 652 g/mol. The Balaban J connectivity index is 1.20. The van der Waals surface area contributed by atoms with Crippen molar-refractivity contribution in [3.8, 4) is 11.5 Å². The molecule has 0 aliphatic carbocycles. The number of amides is 2. The maximum Gasteiger partial charge on any atom is 0.416 e. The van der Waals surface area contributed by atoms with Crippen LogP contribution in [0.25, 0.3) is 11.5 Å². The third-order valence-electron chi connectivity index (χ3n) is 8.47. The summed E-state index contributed by atoms with van der Waals surface area (Å²) in [6.07, 6.45) is 1.24. The number of benzene rings is 3. The molecule has 5 aromatic rings. The normalized spacial score (nSPS) is 15.3. The van der Waals surface area contributed by atoms with E-state index in [0.717, 1.165) is 41.2 Å². The lowest BCUT2D eigenvalue weighted by molar-refractivity contribution is -0.137. The Morgan fingerprint density at radius 2 is 1.84 bits per heavy atom. The van der Waals surface area contributed by atoms with E-state index in [1.807, 2.05) is 47.5 Å². The van der Waals surface area contributed by atoms with Gasteiger partial charge in [-0.1, -0.05) is 48.5 Å². The molecule has 12 heteroatoms. The van der Waals surface area contributed by atoms with Crippen molar-refractivity contribution >= 4 is 23.2 Å². The van der Waals surface area contributed by atoms with Gasteiger partial charge in [0.25, 0.3) is 11.8 Å². The smallest absolute Gasteiger partial charge is 0.416 e. The van der Waals surface area contributed by atoms with Crippen molar-refractivity contribution < 1.29 is 27.2 Å². The average Bonchev–Trinajstić information content (AvgIpc) is 3.89. The number of nitrogens with one attached hydrogen (secondary N) is 2. The minimum atomic E-state index is -4.41. The standard InChI is InChI=1S/C37H36F3N5O3S/c1-24-23-49-35(43-24)32-11-6-15-45(32)36(47)29-20-27(19-28(21-29)34-42-14-16-48-34)33(46)44-31(18-25-7-3-2-4-8-25)12-13-41-22-26-9-5-10-30(17-26)37(38,39)40/h2-5,7-10,14,16-17,19-21,23,31-32,41H,6,11-13,15,18,22H2,1H3,(H,44,46)/t31-,32-/m1/s1. The minimum absolute atomic E-state index is 0.132. The molecule has 2 amide bonds. The van der Waals surface area contributed by atoms with Gasteiger partial charge in [-0.2, -0.15) is 13.2 Å². The Hall–Kier alpha value is -4.81. The van der Waals surface area contributed by atoms with Crippen LogP contribution in [0.3, 0.4) is 0 Å². The zero-order valence-corrected chi connectivity index (χ0v) is 27.7. The summed E-state index contributed by atoms with van der Waals surface area (Å²) in [5, 5.41) is 9.24. The Labute approximate surface area is 286 Å². The molecule has 1 aliphatic rings. The van der Waals surface area contributed by atoms with Crippen LogP contribution in [0.2, 0.25) is 0 Å². The second-order valence-electron chi connectivity index (χ2n) is 12.1. The molecule has 3 heterocycles. The van der Waals surface area contributed by atoms with Gasteiger partial charge in [0.2, 0.25) is 5.89 Å². The fourth-order valence-electron chi connectivity index (χ4n) is 6.09. The first-order valence-corrected chi connectivity index (χ1v) is 17.0. The molecule has 49 heavy (non-hydrogen) atoms. The number of thiazole rings is 1. The number of alkyl halides is 3. The lowest BCUT2D eigenvalue weighted by atomic mass is 10.0. The van der Waals surface area contributed by atoms with Crippen molar-refractivity contribution in [1.82, 2.24) is 25.5 Å². The van der Waals surface area contributed by atoms with E-state index in [0.29, 0.717) is 42.6 Å². The first kappa shape index (κ1) is 34.1. The predicted octanol–water partition coefficient (Wildman–Crippen LogP) is 7.62. The first-order valence-electron chi connectivity index (χ1n) is 16.1. The van der Waals surface area contributed by atoms with E-state index in [9.17, 15) is 22.8 Å². The van der Waals surface area contributed by atoms with E-state index < -0.39 is 11.7 Å². The van der Waals surface area contributed by atoms with Crippen LogP contribution in [-0.2, 0) is 19.1 Å². The molecule has 2 atom stereocenters. The molecule has 1 aliphatic heterocycles. The van der Waals surface area contributed by atoms with Gasteiger partial charge >= 0.3 is 6.18 Å². The number of aryl methyl sites for hydroxylation is 1. The molecule has 0 saturated carbocycles. The van der Waals surface area contributed by atoms with E-state index in [4.69, 9.17) is 4.42 Å². The van der Waals surface area contributed by atoms with Crippen molar-refractivity contribution in [1.29, 1.82) is 0 Å². The Morgan fingerprint density at radius 1 is 1.04 bits per heavy atom. The highest BCUT2D eigenvalue weighted by Crippen LogP contribution is 2.35. The number of hydrogen-bond acceptors (Lipinski definition) is 7. The van der Waals surface area contributed by atoms with Crippen LogP contribution < -0.4 is 10.6 Å². The molecule has 6 rings (SSSR count). The molecule has 8 nitrogen and oxygen atoms in total.